The molecular weight excluding hydrogens is 382 g/mol. The van der Waals surface area contributed by atoms with Crippen LogP contribution < -0.4 is 10.6 Å². The Morgan fingerprint density at radius 1 is 1.17 bits per heavy atom. The molecule has 1 aromatic carbocycles. The Morgan fingerprint density at radius 3 is 2.67 bits per heavy atom. The summed E-state index contributed by atoms with van der Waals surface area (Å²) >= 11 is 0. The largest absolute Gasteiger partial charge is 0.353 e. The molecule has 30 heavy (non-hydrogen) atoms. The molecule has 0 unspecified atom stereocenters. The highest BCUT2D eigenvalue weighted by Crippen LogP contribution is 2.19. The first kappa shape index (κ1) is 20.1. The maximum Gasteiger partial charge on any atom is 0.272 e. The second-order valence-corrected chi connectivity index (χ2v) is 8.05. The van der Waals surface area contributed by atoms with Crippen LogP contribution in [-0.2, 0) is 17.9 Å². The minimum Gasteiger partial charge on any atom is -0.353 e. The van der Waals surface area contributed by atoms with E-state index in [1.165, 1.54) is 5.56 Å². The summed E-state index contributed by atoms with van der Waals surface area (Å²) in [6.07, 6.45) is 3.08. The highest BCUT2D eigenvalue weighted by atomic mass is 16.2. The summed E-state index contributed by atoms with van der Waals surface area (Å²) in [5.41, 5.74) is 2.89. The number of rotatable bonds is 7. The lowest BCUT2D eigenvalue weighted by Crippen LogP contribution is -2.32. The quantitative estimate of drug-likeness (QED) is 0.727. The van der Waals surface area contributed by atoms with E-state index in [1.54, 1.807) is 15.6 Å². The molecule has 0 bridgehead atoms. The van der Waals surface area contributed by atoms with E-state index in [0.29, 0.717) is 31.4 Å². The maximum absolute atomic E-state index is 13.0. The Kier molecular flexibility index (Phi) is 5.83. The first-order valence-electron chi connectivity index (χ1n) is 10.5. The molecule has 4 rings (SSSR count). The predicted octanol–water partition coefficient (Wildman–Crippen LogP) is 1.64. The van der Waals surface area contributed by atoms with E-state index in [9.17, 15) is 14.4 Å². The molecule has 0 atom stereocenters. The van der Waals surface area contributed by atoms with Gasteiger partial charge in [-0.2, -0.15) is 5.10 Å². The molecule has 158 valence electrons. The van der Waals surface area contributed by atoms with Crippen molar-refractivity contribution in [2.24, 2.45) is 0 Å². The summed E-state index contributed by atoms with van der Waals surface area (Å²) in [6.45, 7) is 4.04. The van der Waals surface area contributed by atoms with Crippen molar-refractivity contribution in [1.29, 1.82) is 0 Å². The molecule has 0 saturated heterocycles. The molecule has 0 radical (unpaired) electrons. The van der Waals surface area contributed by atoms with Crippen molar-refractivity contribution in [1.82, 2.24) is 25.3 Å². The van der Waals surface area contributed by atoms with Gasteiger partial charge < -0.3 is 15.5 Å². The van der Waals surface area contributed by atoms with Crippen molar-refractivity contribution in [3.8, 4) is 0 Å². The highest BCUT2D eigenvalue weighted by Gasteiger charge is 2.26. The molecular formula is C22H27N5O3. The molecule has 1 aliphatic carbocycles. The zero-order chi connectivity index (χ0) is 21.1. The van der Waals surface area contributed by atoms with E-state index >= 15 is 0 Å². The van der Waals surface area contributed by atoms with Crippen molar-refractivity contribution in [2.45, 2.75) is 51.7 Å². The molecule has 2 aliphatic rings. The van der Waals surface area contributed by atoms with Crippen LogP contribution in [0.15, 0.2) is 30.3 Å². The summed E-state index contributed by atoms with van der Waals surface area (Å²) < 4.78 is 1.62. The molecule has 0 spiro atoms. The number of aromatic nitrogens is 2. The molecule has 8 nitrogen and oxygen atoms in total. The van der Waals surface area contributed by atoms with E-state index in [4.69, 9.17) is 0 Å². The number of hydrogen-bond donors (Lipinski definition) is 2. The zero-order valence-electron chi connectivity index (χ0n) is 17.2. The number of benzene rings is 1. The SMILES string of the molecule is Cc1ccc(CN2CCCn3nc(C(=O)NCCC(=O)NC4CC4)cc3C2=O)cc1. The standard InChI is InChI=1S/C22H27N5O3/c1-15-3-5-16(6-4-15)14-26-11-2-12-27-19(22(26)30)13-18(25-27)21(29)23-10-9-20(28)24-17-7-8-17/h3-6,13,17H,2,7-12,14H2,1H3,(H,23,29)(H,24,28). The smallest absolute Gasteiger partial charge is 0.272 e. The van der Waals surface area contributed by atoms with Gasteiger partial charge in [0.1, 0.15) is 5.69 Å². The topological polar surface area (TPSA) is 96.3 Å². The third-order valence-corrected chi connectivity index (χ3v) is 5.39. The summed E-state index contributed by atoms with van der Waals surface area (Å²) in [7, 11) is 0. The Bertz CT molecular complexity index is 946. The van der Waals surface area contributed by atoms with Gasteiger partial charge in [-0.15, -0.1) is 0 Å². The number of fused-ring (bicyclic) bond motifs is 1. The van der Waals surface area contributed by atoms with Gasteiger partial charge in [0, 0.05) is 44.7 Å². The Hall–Kier alpha value is -3.16. The number of aryl methyl sites for hydroxylation is 2. The highest BCUT2D eigenvalue weighted by molar-refractivity contribution is 5.98. The fourth-order valence-electron chi connectivity index (χ4n) is 3.52. The van der Waals surface area contributed by atoms with Gasteiger partial charge in [-0.05, 0) is 31.7 Å². The van der Waals surface area contributed by atoms with Crippen molar-refractivity contribution < 1.29 is 14.4 Å². The van der Waals surface area contributed by atoms with E-state index in [0.717, 1.165) is 24.8 Å². The first-order valence-corrected chi connectivity index (χ1v) is 10.5. The van der Waals surface area contributed by atoms with Crippen LogP contribution >= 0.6 is 0 Å². The number of nitrogens with one attached hydrogen (secondary N) is 2. The van der Waals surface area contributed by atoms with E-state index < -0.39 is 0 Å². The van der Waals surface area contributed by atoms with E-state index in [1.807, 2.05) is 31.2 Å². The molecule has 2 heterocycles. The van der Waals surface area contributed by atoms with Crippen LogP contribution in [0.3, 0.4) is 0 Å². The normalized spacial score (nSPS) is 16.0. The van der Waals surface area contributed by atoms with E-state index in [-0.39, 0.29) is 36.4 Å². The molecule has 2 N–H and O–H groups in total. The number of carbonyl (C=O) groups is 3. The zero-order valence-corrected chi connectivity index (χ0v) is 17.2. The molecule has 1 fully saturated rings. The van der Waals surface area contributed by atoms with Crippen LogP contribution in [0.4, 0.5) is 0 Å². The fraction of sp³-hybridized carbons (Fsp3) is 0.455. The van der Waals surface area contributed by atoms with Crippen molar-refractivity contribution >= 4 is 17.7 Å². The van der Waals surface area contributed by atoms with Gasteiger partial charge in [-0.3, -0.25) is 19.1 Å². The number of carbonyl (C=O) groups excluding carboxylic acids is 3. The molecule has 8 heteroatoms. The van der Waals surface area contributed by atoms with Gasteiger partial charge >= 0.3 is 0 Å². The number of amides is 3. The number of hydrogen-bond acceptors (Lipinski definition) is 4. The Balaban J connectivity index is 1.37. The summed E-state index contributed by atoms with van der Waals surface area (Å²) in [4.78, 5) is 39.0. The second-order valence-electron chi connectivity index (χ2n) is 8.05. The van der Waals surface area contributed by atoms with Crippen LogP contribution in [0.2, 0.25) is 0 Å². The van der Waals surface area contributed by atoms with Crippen LogP contribution in [0.25, 0.3) is 0 Å². The lowest BCUT2D eigenvalue weighted by Gasteiger charge is -2.20. The third kappa shape index (κ3) is 4.87. The van der Waals surface area contributed by atoms with Gasteiger partial charge in [0.2, 0.25) is 5.91 Å². The van der Waals surface area contributed by atoms with Crippen molar-refractivity contribution in [3.63, 3.8) is 0 Å². The summed E-state index contributed by atoms with van der Waals surface area (Å²) in [5.74, 6) is -0.545. The van der Waals surface area contributed by atoms with Crippen molar-refractivity contribution in [2.75, 3.05) is 13.1 Å². The monoisotopic (exact) mass is 409 g/mol. The van der Waals surface area contributed by atoms with E-state index in [2.05, 4.69) is 15.7 Å². The van der Waals surface area contributed by atoms with Gasteiger partial charge in [0.25, 0.3) is 11.8 Å². The fourth-order valence-corrected chi connectivity index (χ4v) is 3.52. The van der Waals surface area contributed by atoms with Gasteiger partial charge in [0.15, 0.2) is 5.69 Å². The summed E-state index contributed by atoms with van der Waals surface area (Å²) in [5, 5.41) is 9.93. The second kappa shape index (κ2) is 8.69. The minimum atomic E-state index is -0.368. The van der Waals surface area contributed by atoms with Crippen LogP contribution in [0.5, 0.6) is 0 Å². The molecule has 3 amide bonds. The van der Waals surface area contributed by atoms with Crippen molar-refractivity contribution in [3.05, 3.63) is 52.8 Å². The van der Waals surface area contributed by atoms with Crippen LogP contribution in [0, 0.1) is 6.92 Å². The lowest BCUT2D eigenvalue weighted by molar-refractivity contribution is -0.121. The van der Waals surface area contributed by atoms with Gasteiger partial charge in [-0.25, -0.2) is 0 Å². The Labute approximate surface area is 175 Å². The predicted molar refractivity (Wildman–Crippen MR) is 111 cm³/mol. The molecule has 1 aromatic heterocycles. The maximum atomic E-state index is 13.0. The third-order valence-electron chi connectivity index (χ3n) is 5.39. The summed E-state index contributed by atoms with van der Waals surface area (Å²) in [6, 6.07) is 10.00. The molecule has 1 saturated carbocycles. The van der Waals surface area contributed by atoms with Crippen LogP contribution in [-0.4, -0.2) is 51.5 Å². The lowest BCUT2D eigenvalue weighted by atomic mass is 10.1. The molecule has 1 aliphatic heterocycles. The van der Waals surface area contributed by atoms with Crippen LogP contribution in [0.1, 0.15) is 57.8 Å². The molecule has 2 aromatic rings. The first-order chi connectivity index (χ1) is 14.5. The Morgan fingerprint density at radius 2 is 1.93 bits per heavy atom. The minimum absolute atomic E-state index is 0.0552. The average Bonchev–Trinajstić information content (AvgIpc) is 3.45. The number of nitrogens with zero attached hydrogens (tertiary/aromatic N) is 3. The van der Waals surface area contributed by atoms with Gasteiger partial charge in [-0.1, -0.05) is 29.8 Å². The van der Waals surface area contributed by atoms with Gasteiger partial charge in [0.05, 0.1) is 0 Å². The average molecular weight is 409 g/mol.